The lowest BCUT2D eigenvalue weighted by molar-refractivity contribution is 0.292. The van der Waals surface area contributed by atoms with Gasteiger partial charge >= 0.3 is 8.25 Å². The van der Waals surface area contributed by atoms with Crippen molar-refractivity contribution in [2.45, 2.75) is 0 Å². The molecule has 3 N–H and O–H groups in total. The highest BCUT2D eigenvalue weighted by atomic mass is 31.1. The lowest BCUT2D eigenvalue weighted by Crippen LogP contribution is -1.84. The van der Waals surface area contributed by atoms with Crippen molar-refractivity contribution in [1.29, 1.82) is 0 Å². The van der Waals surface area contributed by atoms with Gasteiger partial charge in [-0.05, 0) is 0 Å². The highest BCUT2D eigenvalue weighted by molar-refractivity contribution is 7.32. The van der Waals surface area contributed by atoms with E-state index in [9.17, 15) is 0 Å². The molecular weight excluding hydrogens is 93.0 g/mol. The molecule has 1 unspecified atom stereocenters. The Kier molecular flexibility index (Phi) is 2.22. The zero-order valence-corrected chi connectivity index (χ0v) is 3.18. The van der Waals surface area contributed by atoms with Gasteiger partial charge in [0.1, 0.15) is 0 Å². The van der Waals surface area contributed by atoms with Crippen molar-refractivity contribution in [2.24, 2.45) is 5.90 Å². The molecule has 1 atom stereocenters. The molecule has 5 heteroatoms. The van der Waals surface area contributed by atoms with Crippen LogP contribution in [0.5, 0.6) is 0 Å². The standard InChI is InChI=1S/H3NO3P/c1-4-5(2)3/h1H2,(H,2,3). The molecule has 0 amide bonds. The van der Waals surface area contributed by atoms with E-state index < -0.39 is 8.25 Å². The fourth-order valence-corrected chi connectivity index (χ4v) is 0. The second-order valence-corrected chi connectivity index (χ2v) is 1.03. The summed E-state index contributed by atoms with van der Waals surface area (Å²) in [5.74, 6) is 4.14. The predicted octanol–water partition coefficient (Wildman–Crippen LogP) is -0.474. The first-order valence-corrected chi connectivity index (χ1v) is 1.93. The highest BCUT2D eigenvalue weighted by Gasteiger charge is 1.79. The second-order valence-electron chi connectivity index (χ2n) is 0.343. The van der Waals surface area contributed by atoms with Crippen LogP contribution in [-0.2, 0) is 9.19 Å². The van der Waals surface area contributed by atoms with Crippen LogP contribution in [0.15, 0.2) is 0 Å². The smallest absolute Gasteiger partial charge is 0.297 e. The summed E-state index contributed by atoms with van der Waals surface area (Å²) in [6, 6.07) is 0. The molecule has 0 saturated carbocycles. The topological polar surface area (TPSA) is 72.5 Å². The Balaban J connectivity index is 2.85. The van der Waals surface area contributed by atoms with E-state index in [1.165, 1.54) is 0 Å². The Morgan fingerprint density at radius 1 is 2.00 bits per heavy atom. The first kappa shape index (κ1) is 4.98. The molecule has 0 rings (SSSR count). The van der Waals surface area contributed by atoms with Gasteiger partial charge in [-0.3, -0.25) is 4.89 Å². The van der Waals surface area contributed by atoms with Crippen LogP contribution in [-0.4, -0.2) is 4.89 Å². The first-order valence-electron chi connectivity index (χ1n) is 0.801. The minimum Gasteiger partial charge on any atom is -0.297 e. The fourth-order valence-electron chi connectivity index (χ4n) is 0. The third kappa shape index (κ3) is 3.98. The van der Waals surface area contributed by atoms with Gasteiger partial charge < -0.3 is 0 Å². The van der Waals surface area contributed by atoms with Crippen LogP contribution in [0.2, 0.25) is 0 Å². The molecule has 0 aromatic heterocycles. The number of rotatable bonds is 1. The van der Waals surface area contributed by atoms with E-state index in [0.29, 0.717) is 0 Å². The van der Waals surface area contributed by atoms with Crippen molar-refractivity contribution in [3.8, 4) is 0 Å². The van der Waals surface area contributed by atoms with Crippen LogP contribution < -0.4 is 5.90 Å². The zero-order chi connectivity index (χ0) is 4.28. The molecule has 0 bridgehead atoms. The van der Waals surface area contributed by atoms with Gasteiger partial charge in [0.2, 0.25) is 0 Å². The number of hydrogen-bond acceptors (Lipinski definition) is 3. The van der Waals surface area contributed by atoms with E-state index in [4.69, 9.17) is 9.46 Å². The van der Waals surface area contributed by atoms with Gasteiger partial charge in [0, 0.05) is 0 Å². The Bertz CT molecular complexity index is 42.2. The summed E-state index contributed by atoms with van der Waals surface area (Å²) in [7, 11) is -2.57. The second kappa shape index (κ2) is 2.23. The average molecular weight is 96.0 g/mol. The predicted molar refractivity (Wildman–Crippen MR) is 15.1 cm³/mol. The SMILES string of the molecule is NO[P](=O)O. The average Bonchev–Trinajstić information content (AvgIpc) is 1.38. The maximum absolute atomic E-state index is 9.17. The Hall–Kier alpha value is -0.0200. The summed E-state index contributed by atoms with van der Waals surface area (Å²) in [5.41, 5.74) is 0. The van der Waals surface area contributed by atoms with Crippen molar-refractivity contribution >= 4 is 8.25 Å². The molecule has 0 aromatic carbocycles. The Morgan fingerprint density at radius 3 is 2.20 bits per heavy atom. The van der Waals surface area contributed by atoms with Crippen LogP contribution in [0.3, 0.4) is 0 Å². The summed E-state index contributed by atoms with van der Waals surface area (Å²) < 4.78 is 12.5. The minimum atomic E-state index is -2.57. The van der Waals surface area contributed by atoms with Crippen LogP contribution in [0.4, 0.5) is 0 Å². The lowest BCUT2D eigenvalue weighted by atomic mass is 13.6. The van der Waals surface area contributed by atoms with Gasteiger partial charge in [-0.1, -0.05) is 0 Å². The summed E-state index contributed by atoms with van der Waals surface area (Å²) in [4.78, 5) is 7.52. The molecule has 0 aromatic rings. The Morgan fingerprint density at radius 2 is 2.20 bits per heavy atom. The normalized spacial score (nSPS) is 11.2. The van der Waals surface area contributed by atoms with Gasteiger partial charge in [-0.15, -0.1) is 0 Å². The monoisotopic (exact) mass is 96.0 g/mol. The fraction of sp³-hybridized carbons (Fsp3) is 0. The summed E-state index contributed by atoms with van der Waals surface area (Å²) in [6.45, 7) is 0. The van der Waals surface area contributed by atoms with E-state index in [0.717, 1.165) is 0 Å². The number of nitrogens with two attached hydrogens (primary N) is 1. The van der Waals surface area contributed by atoms with Crippen molar-refractivity contribution < 1.29 is 14.1 Å². The lowest BCUT2D eigenvalue weighted by Gasteiger charge is -1.74. The molecule has 0 aliphatic heterocycles. The van der Waals surface area contributed by atoms with Gasteiger partial charge in [-0.2, -0.15) is 4.62 Å². The third-order valence-electron chi connectivity index (χ3n) is 0.0902. The van der Waals surface area contributed by atoms with Crippen molar-refractivity contribution in [3.05, 3.63) is 0 Å². The molecular formula is H3NO3P. The van der Waals surface area contributed by atoms with E-state index >= 15 is 0 Å². The molecule has 0 aliphatic carbocycles. The third-order valence-corrected chi connectivity index (χ3v) is 0.271. The molecule has 0 saturated heterocycles. The van der Waals surface area contributed by atoms with Gasteiger partial charge in [0.25, 0.3) is 0 Å². The van der Waals surface area contributed by atoms with Gasteiger partial charge in [0.15, 0.2) is 0 Å². The molecule has 0 fully saturated rings. The molecule has 31 valence electrons. The van der Waals surface area contributed by atoms with Crippen LogP contribution in [0.25, 0.3) is 0 Å². The minimum absolute atomic E-state index is 2.57. The Labute approximate surface area is 29.5 Å². The largest absolute Gasteiger partial charge is 0.383 e. The molecule has 0 spiro atoms. The van der Waals surface area contributed by atoms with Crippen molar-refractivity contribution in [1.82, 2.24) is 0 Å². The first-order chi connectivity index (χ1) is 2.27. The summed E-state index contributed by atoms with van der Waals surface area (Å²) in [6.07, 6.45) is 0. The highest BCUT2D eigenvalue weighted by Crippen LogP contribution is 2.07. The van der Waals surface area contributed by atoms with Crippen molar-refractivity contribution in [2.75, 3.05) is 0 Å². The molecule has 4 nitrogen and oxygen atoms in total. The van der Waals surface area contributed by atoms with Crippen LogP contribution >= 0.6 is 8.25 Å². The number of hydrogen-bond donors (Lipinski definition) is 2. The van der Waals surface area contributed by atoms with Gasteiger partial charge in [0.05, 0.1) is 0 Å². The molecule has 0 heterocycles. The summed E-state index contributed by atoms with van der Waals surface area (Å²) >= 11 is 0. The maximum Gasteiger partial charge on any atom is 0.383 e. The zero-order valence-electron chi connectivity index (χ0n) is 2.29. The van der Waals surface area contributed by atoms with Crippen LogP contribution in [0, 0.1) is 0 Å². The van der Waals surface area contributed by atoms with Crippen molar-refractivity contribution in [3.63, 3.8) is 0 Å². The van der Waals surface area contributed by atoms with E-state index in [-0.39, 0.29) is 0 Å². The van der Waals surface area contributed by atoms with E-state index in [2.05, 4.69) is 10.5 Å². The molecule has 5 heavy (non-hydrogen) atoms. The maximum atomic E-state index is 9.17. The van der Waals surface area contributed by atoms with Gasteiger partial charge in [-0.25, -0.2) is 10.5 Å². The van der Waals surface area contributed by atoms with E-state index in [1.54, 1.807) is 0 Å². The molecule has 1 radical (unpaired) electrons. The quantitative estimate of drug-likeness (QED) is 0.341. The van der Waals surface area contributed by atoms with Crippen LogP contribution in [0.1, 0.15) is 0 Å². The summed E-state index contributed by atoms with van der Waals surface area (Å²) in [5, 5.41) is 0. The molecule has 0 aliphatic rings. The van der Waals surface area contributed by atoms with E-state index in [1.807, 2.05) is 0 Å².